The van der Waals surface area contributed by atoms with Crippen LogP contribution in [0.15, 0.2) is 60.8 Å². The number of fused-ring (bicyclic) bond motifs is 5. The minimum absolute atomic E-state index is 0.135. The molecule has 2 unspecified atom stereocenters. The average Bonchev–Trinajstić information content (AvgIpc) is 3.23. The summed E-state index contributed by atoms with van der Waals surface area (Å²) < 4.78 is 24.5. The Balaban J connectivity index is 1.58. The number of nitrogens with zero attached hydrogens (tertiary/aromatic N) is 2. The number of carbonyl (C=O) groups is 1. The number of pyridine rings is 1. The molecule has 2 aromatic carbocycles. The third-order valence-electron chi connectivity index (χ3n) is 8.47. The lowest BCUT2D eigenvalue weighted by Gasteiger charge is -2.31. The first kappa shape index (κ1) is 26.2. The van der Waals surface area contributed by atoms with Gasteiger partial charge < -0.3 is 24.9 Å². The Morgan fingerprint density at radius 1 is 1.12 bits per heavy atom. The lowest BCUT2D eigenvalue weighted by atomic mass is 9.80. The quantitative estimate of drug-likeness (QED) is 0.204. The fourth-order valence-corrected chi connectivity index (χ4v) is 6.38. The van der Waals surface area contributed by atoms with Crippen LogP contribution in [-0.4, -0.2) is 27.9 Å². The molecule has 2 N–H and O–H groups in total. The van der Waals surface area contributed by atoms with Gasteiger partial charge in [-0.2, -0.15) is 0 Å². The molecule has 1 aliphatic carbocycles. The number of halogens is 1. The number of rotatable bonds is 5. The molecule has 0 bridgehead atoms. The molecule has 4 aromatic rings. The molecule has 208 valence electrons. The fourth-order valence-electron chi connectivity index (χ4n) is 6.38. The van der Waals surface area contributed by atoms with Crippen molar-refractivity contribution >= 4 is 22.6 Å². The highest BCUT2D eigenvalue weighted by molar-refractivity contribution is 5.99. The molecule has 6 rings (SSSR count). The first-order valence-electron chi connectivity index (χ1n) is 14.1. The Labute approximate surface area is 232 Å². The summed E-state index contributed by atoms with van der Waals surface area (Å²) in [5.74, 6) is -0.237. The van der Waals surface area contributed by atoms with Crippen LogP contribution in [0.5, 0.6) is 11.6 Å². The lowest BCUT2D eigenvalue weighted by molar-refractivity contribution is -0.611. The summed E-state index contributed by atoms with van der Waals surface area (Å²) in [7, 11) is 0. The summed E-state index contributed by atoms with van der Waals surface area (Å²) in [6.07, 6.45) is 4.37. The van der Waals surface area contributed by atoms with E-state index in [0.29, 0.717) is 29.4 Å². The molecule has 0 amide bonds. The van der Waals surface area contributed by atoms with Crippen LogP contribution in [-0.2, 0) is 6.54 Å². The maximum atomic E-state index is 15.6. The molecule has 1 aliphatic heterocycles. The largest absolute Gasteiger partial charge is 0.616 e. The van der Waals surface area contributed by atoms with Gasteiger partial charge in [0.2, 0.25) is 0 Å². The van der Waals surface area contributed by atoms with Gasteiger partial charge in [-0.05, 0) is 61.1 Å². The molecule has 8 heteroatoms. The summed E-state index contributed by atoms with van der Waals surface area (Å²) in [4.78, 5) is 11.9. The number of aromatic nitrogens is 2. The van der Waals surface area contributed by atoms with Crippen molar-refractivity contribution in [1.82, 2.24) is 4.57 Å². The van der Waals surface area contributed by atoms with E-state index < -0.39 is 12.1 Å². The Hall–Kier alpha value is -4.07. The van der Waals surface area contributed by atoms with Crippen LogP contribution in [0.3, 0.4) is 0 Å². The standard InChI is InChI=1S/C32H34FN3O4/c1-19(2)26-14-16-35-28-17-20(32(37)38)10-12-24(28)30(22-7-3-4-8-25(22)33)31(35)23-13-11-21(18-27(23)34-26)40-29-9-5-6-15-36(29)39/h5-6,9-13,15,17-19,22,25-26,34H,3-4,7-8,14,16H2,1-2H3,(H,37,38)/t22?,25-,26?/m0/s1. The summed E-state index contributed by atoms with van der Waals surface area (Å²) in [6, 6.07) is 16.1. The number of ether oxygens (including phenoxy) is 1. The van der Waals surface area contributed by atoms with Crippen molar-refractivity contribution in [3.63, 3.8) is 0 Å². The van der Waals surface area contributed by atoms with E-state index in [0.717, 1.165) is 59.1 Å². The summed E-state index contributed by atoms with van der Waals surface area (Å²) in [6.45, 7) is 5.01. The maximum absolute atomic E-state index is 15.6. The van der Waals surface area contributed by atoms with Gasteiger partial charge >= 0.3 is 11.8 Å². The van der Waals surface area contributed by atoms with E-state index in [1.54, 1.807) is 30.3 Å². The van der Waals surface area contributed by atoms with E-state index in [1.807, 2.05) is 24.3 Å². The summed E-state index contributed by atoms with van der Waals surface area (Å²) in [5, 5.41) is 26.7. The van der Waals surface area contributed by atoms with Gasteiger partial charge in [-0.3, -0.25) is 0 Å². The number of nitrogens with one attached hydrogen (secondary N) is 1. The topological polar surface area (TPSA) is 90.4 Å². The number of carboxylic acids is 1. The second kappa shape index (κ2) is 10.5. The van der Waals surface area contributed by atoms with Crippen LogP contribution in [0, 0.1) is 11.1 Å². The van der Waals surface area contributed by atoms with Gasteiger partial charge in [0.25, 0.3) is 0 Å². The first-order chi connectivity index (χ1) is 19.3. The van der Waals surface area contributed by atoms with Crippen LogP contribution >= 0.6 is 0 Å². The molecule has 3 atom stereocenters. The smallest absolute Gasteiger partial charge is 0.384 e. The number of aromatic carboxylic acids is 1. The summed E-state index contributed by atoms with van der Waals surface area (Å²) >= 11 is 0. The Morgan fingerprint density at radius 2 is 1.95 bits per heavy atom. The molecule has 40 heavy (non-hydrogen) atoms. The molecule has 0 radical (unpaired) electrons. The number of aryl methyl sites for hydroxylation is 1. The number of carboxylic acid groups (broad SMARTS) is 1. The van der Waals surface area contributed by atoms with Gasteiger partial charge in [0, 0.05) is 52.8 Å². The van der Waals surface area contributed by atoms with Gasteiger partial charge in [-0.15, -0.1) is 4.73 Å². The van der Waals surface area contributed by atoms with E-state index in [-0.39, 0.29) is 23.4 Å². The molecule has 1 fully saturated rings. The highest BCUT2D eigenvalue weighted by atomic mass is 19.1. The first-order valence-corrected chi connectivity index (χ1v) is 14.1. The number of anilines is 1. The Kier molecular flexibility index (Phi) is 6.86. The molecule has 3 heterocycles. The SMILES string of the molecule is CC(C)C1CCn2c(c(C3CCCC[C@@H]3F)c3ccc(C(=O)O)cc32)-c2ccc(Oc3cccc[n+]3[O-])cc2N1. The second-order valence-corrected chi connectivity index (χ2v) is 11.3. The van der Waals surface area contributed by atoms with Gasteiger partial charge in [0.05, 0.1) is 17.3 Å². The van der Waals surface area contributed by atoms with Crippen LogP contribution in [0.2, 0.25) is 0 Å². The predicted molar refractivity (Wildman–Crippen MR) is 153 cm³/mol. The van der Waals surface area contributed by atoms with Crippen molar-refractivity contribution in [2.45, 2.75) is 70.6 Å². The fraction of sp³-hybridized carbons (Fsp3) is 0.375. The van der Waals surface area contributed by atoms with Crippen molar-refractivity contribution in [1.29, 1.82) is 0 Å². The van der Waals surface area contributed by atoms with E-state index in [9.17, 15) is 15.1 Å². The molecule has 2 aromatic heterocycles. The van der Waals surface area contributed by atoms with Crippen molar-refractivity contribution in [3.8, 4) is 22.9 Å². The van der Waals surface area contributed by atoms with Gasteiger partial charge in [0.1, 0.15) is 11.9 Å². The zero-order valence-corrected chi connectivity index (χ0v) is 22.8. The van der Waals surface area contributed by atoms with Crippen LogP contribution in [0.25, 0.3) is 22.2 Å². The van der Waals surface area contributed by atoms with E-state index in [4.69, 9.17) is 4.74 Å². The van der Waals surface area contributed by atoms with Crippen molar-refractivity contribution in [3.05, 3.63) is 77.1 Å². The molecule has 2 aliphatic rings. The molecule has 0 saturated heterocycles. The van der Waals surface area contributed by atoms with E-state index in [2.05, 4.69) is 23.7 Å². The third kappa shape index (κ3) is 4.65. The zero-order valence-electron chi connectivity index (χ0n) is 22.8. The normalized spacial score (nSPS) is 20.8. The van der Waals surface area contributed by atoms with Gasteiger partial charge in [0.15, 0.2) is 6.20 Å². The molecular formula is C32H34FN3O4. The Bertz CT molecular complexity index is 1580. The molecular weight excluding hydrogens is 509 g/mol. The highest BCUT2D eigenvalue weighted by Crippen LogP contribution is 2.48. The highest BCUT2D eigenvalue weighted by Gasteiger charge is 2.35. The molecule has 0 spiro atoms. The maximum Gasteiger partial charge on any atom is 0.384 e. The minimum Gasteiger partial charge on any atom is -0.616 e. The molecule has 7 nitrogen and oxygen atoms in total. The van der Waals surface area contributed by atoms with Gasteiger partial charge in [-0.1, -0.05) is 32.8 Å². The molecule has 1 saturated carbocycles. The number of alkyl halides is 1. The van der Waals surface area contributed by atoms with E-state index >= 15 is 4.39 Å². The van der Waals surface area contributed by atoms with Crippen LogP contribution < -0.4 is 14.8 Å². The lowest BCUT2D eigenvalue weighted by Crippen LogP contribution is -2.29. The number of hydrogen-bond donors (Lipinski definition) is 2. The van der Waals surface area contributed by atoms with Crippen LogP contribution in [0.4, 0.5) is 10.1 Å². The second-order valence-electron chi connectivity index (χ2n) is 11.3. The Morgan fingerprint density at radius 3 is 2.70 bits per heavy atom. The third-order valence-corrected chi connectivity index (χ3v) is 8.47. The minimum atomic E-state index is -0.980. The van der Waals surface area contributed by atoms with Crippen molar-refractivity contribution < 1.29 is 23.8 Å². The monoisotopic (exact) mass is 543 g/mol. The number of hydrogen-bond acceptors (Lipinski definition) is 4. The zero-order chi connectivity index (χ0) is 28.0. The van der Waals surface area contributed by atoms with Gasteiger partial charge in [-0.25, -0.2) is 9.18 Å². The summed E-state index contributed by atoms with van der Waals surface area (Å²) in [5.41, 5.74) is 4.70. The van der Waals surface area contributed by atoms with Crippen molar-refractivity contribution in [2.24, 2.45) is 5.92 Å². The van der Waals surface area contributed by atoms with Crippen molar-refractivity contribution in [2.75, 3.05) is 5.32 Å². The van der Waals surface area contributed by atoms with Crippen LogP contribution in [0.1, 0.15) is 67.8 Å². The average molecular weight is 544 g/mol. The number of benzene rings is 2. The van der Waals surface area contributed by atoms with E-state index in [1.165, 1.54) is 6.20 Å². The predicted octanol–water partition coefficient (Wildman–Crippen LogP) is 7.27.